The fourth-order valence-electron chi connectivity index (χ4n) is 6.42. The average molecular weight is 368 g/mol. The number of benzene rings is 1. The summed E-state index contributed by atoms with van der Waals surface area (Å²) in [6.45, 7) is 4.39. The highest BCUT2D eigenvalue weighted by atomic mass is 16.5. The fraction of sp³-hybridized carbons (Fsp3) is 0.591. The predicted octanol–water partition coefficient (Wildman–Crippen LogP) is 3.26. The van der Waals surface area contributed by atoms with Gasteiger partial charge in [-0.2, -0.15) is 0 Å². The van der Waals surface area contributed by atoms with Crippen LogP contribution in [0.3, 0.4) is 0 Å². The van der Waals surface area contributed by atoms with Gasteiger partial charge in [0.2, 0.25) is 0 Å². The Balaban J connectivity index is 1.79. The molecule has 3 fully saturated rings. The lowest BCUT2D eigenvalue weighted by Crippen LogP contribution is -2.67. The van der Waals surface area contributed by atoms with Crippen LogP contribution in [0.5, 0.6) is 5.75 Å². The van der Waals surface area contributed by atoms with Crippen LogP contribution in [0.15, 0.2) is 18.2 Å². The normalized spacial score (nSPS) is 34.2. The van der Waals surface area contributed by atoms with Crippen molar-refractivity contribution in [2.75, 3.05) is 27.3 Å². The van der Waals surface area contributed by atoms with Crippen LogP contribution in [0.25, 0.3) is 10.9 Å². The summed E-state index contributed by atoms with van der Waals surface area (Å²) in [4.78, 5) is 19.6. The number of hydrogen-bond acceptors (Lipinski definition) is 4. The molecular formula is C22H28N2O3. The summed E-state index contributed by atoms with van der Waals surface area (Å²) in [5.74, 6) is 1.90. The third-order valence-electron chi connectivity index (χ3n) is 7.37. The van der Waals surface area contributed by atoms with Gasteiger partial charge in [0.25, 0.3) is 0 Å². The first-order chi connectivity index (χ1) is 13.1. The van der Waals surface area contributed by atoms with Crippen molar-refractivity contribution in [3.8, 4) is 5.75 Å². The zero-order valence-electron chi connectivity index (χ0n) is 16.4. The van der Waals surface area contributed by atoms with Crippen molar-refractivity contribution < 1.29 is 14.3 Å². The molecule has 1 N–H and O–H groups in total. The van der Waals surface area contributed by atoms with Crippen LogP contribution in [0.1, 0.15) is 37.4 Å². The molecule has 0 amide bonds. The number of nitrogens with one attached hydrogen (secondary N) is 1. The zero-order chi connectivity index (χ0) is 18.8. The topological polar surface area (TPSA) is 54.6 Å². The van der Waals surface area contributed by atoms with E-state index in [2.05, 4.69) is 28.9 Å². The van der Waals surface area contributed by atoms with Crippen molar-refractivity contribution in [1.29, 1.82) is 0 Å². The van der Waals surface area contributed by atoms with Crippen molar-refractivity contribution in [3.63, 3.8) is 0 Å². The molecule has 0 radical (unpaired) electrons. The van der Waals surface area contributed by atoms with Gasteiger partial charge in [-0.05, 0) is 54.9 Å². The highest BCUT2D eigenvalue weighted by Gasteiger charge is 2.62. The van der Waals surface area contributed by atoms with Gasteiger partial charge in [0.1, 0.15) is 11.2 Å². The lowest BCUT2D eigenvalue weighted by molar-refractivity contribution is -0.162. The summed E-state index contributed by atoms with van der Waals surface area (Å²) < 4.78 is 10.9. The van der Waals surface area contributed by atoms with Gasteiger partial charge in [-0.15, -0.1) is 0 Å². The van der Waals surface area contributed by atoms with Gasteiger partial charge in [0.05, 0.1) is 14.2 Å². The maximum absolute atomic E-state index is 13.4. The van der Waals surface area contributed by atoms with E-state index in [-0.39, 0.29) is 12.0 Å². The SMILES string of the molecule is CC[C@H]1C[C@H]2C[N@]3CCc4c([nH]c5ccc(OC)cc45)[C@](C(=O)OC)(C2)[C@H]13. The Labute approximate surface area is 160 Å². The number of rotatable bonds is 3. The minimum absolute atomic E-state index is 0.0676. The van der Waals surface area contributed by atoms with Crippen LogP contribution in [-0.4, -0.2) is 49.2 Å². The molecule has 1 saturated carbocycles. The number of ether oxygens (including phenoxy) is 2. The van der Waals surface area contributed by atoms with Gasteiger partial charge >= 0.3 is 5.97 Å². The molecule has 4 bridgehead atoms. The molecule has 1 aliphatic carbocycles. The van der Waals surface area contributed by atoms with Crippen LogP contribution in [0.4, 0.5) is 0 Å². The summed E-state index contributed by atoms with van der Waals surface area (Å²) in [6.07, 6.45) is 4.20. The summed E-state index contributed by atoms with van der Waals surface area (Å²) >= 11 is 0. The average Bonchev–Trinajstić information content (AvgIpc) is 3.04. The number of aromatic nitrogens is 1. The summed E-state index contributed by atoms with van der Waals surface area (Å²) in [5.41, 5.74) is 2.90. The van der Waals surface area contributed by atoms with E-state index >= 15 is 0 Å². The maximum atomic E-state index is 13.4. The zero-order valence-corrected chi connectivity index (χ0v) is 16.4. The van der Waals surface area contributed by atoms with Crippen molar-refractivity contribution in [2.24, 2.45) is 11.8 Å². The smallest absolute Gasteiger partial charge is 0.319 e. The van der Waals surface area contributed by atoms with Gasteiger partial charge < -0.3 is 14.5 Å². The molecule has 0 unspecified atom stereocenters. The second-order valence-corrected chi connectivity index (χ2v) is 8.52. The van der Waals surface area contributed by atoms with Crippen molar-refractivity contribution in [3.05, 3.63) is 29.5 Å². The number of hydrogen-bond donors (Lipinski definition) is 1. The number of nitrogens with zero attached hydrogens (tertiary/aromatic N) is 1. The monoisotopic (exact) mass is 368 g/mol. The lowest BCUT2D eigenvalue weighted by atomic mass is 9.56. The third-order valence-corrected chi connectivity index (χ3v) is 7.37. The standard InChI is InChI=1S/C22H28N2O3/c1-4-14-9-13-11-22(21(25)27-3)19-16(7-8-24(12-13)20(14)22)17-10-15(26-2)5-6-18(17)23-19/h5-6,10,13-14,20,23H,4,7-9,11-12H2,1-3H3/t13-,14+,20+,22-/m1/s1. The number of methoxy groups -OCH3 is 2. The van der Waals surface area contributed by atoms with Crippen LogP contribution in [0.2, 0.25) is 0 Å². The summed E-state index contributed by atoms with van der Waals surface area (Å²) in [7, 11) is 3.24. The van der Waals surface area contributed by atoms with Gasteiger partial charge in [0, 0.05) is 35.7 Å². The molecule has 6 rings (SSSR count). The number of aromatic amines is 1. The van der Waals surface area contributed by atoms with Crippen LogP contribution < -0.4 is 4.74 Å². The molecule has 5 nitrogen and oxygen atoms in total. The second kappa shape index (κ2) is 5.99. The van der Waals surface area contributed by atoms with Crippen LogP contribution >= 0.6 is 0 Å². The number of carbonyl (C=O) groups is 1. The molecular weight excluding hydrogens is 340 g/mol. The van der Waals surface area contributed by atoms with E-state index in [4.69, 9.17) is 9.47 Å². The van der Waals surface area contributed by atoms with E-state index in [1.807, 2.05) is 6.07 Å². The van der Waals surface area contributed by atoms with E-state index in [0.717, 1.165) is 49.3 Å². The first kappa shape index (κ1) is 17.1. The molecule has 2 saturated heterocycles. The molecule has 144 valence electrons. The minimum Gasteiger partial charge on any atom is -0.497 e. The Kier molecular flexibility index (Phi) is 3.80. The summed E-state index contributed by atoms with van der Waals surface area (Å²) in [6, 6.07) is 6.40. The number of carbonyl (C=O) groups excluding carboxylic acids is 1. The molecule has 0 spiro atoms. The van der Waals surface area contributed by atoms with Crippen LogP contribution in [-0.2, 0) is 21.4 Å². The summed E-state index contributed by atoms with van der Waals surface area (Å²) in [5, 5.41) is 1.19. The minimum atomic E-state index is -0.575. The molecule has 5 atom stereocenters. The molecule has 1 aromatic carbocycles. The molecule has 4 aliphatic rings. The Morgan fingerprint density at radius 1 is 1.37 bits per heavy atom. The highest BCUT2D eigenvalue weighted by molar-refractivity contribution is 5.92. The predicted molar refractivity (Wildman–Crippen MR) is 104 cm³/mol. The fourth-order valence-corrected chi connectivity index (χ4v) is 6.42. The van der Waals surface area contributed by atoms with Crippen LogP contribution in [0, 0.1) is 11.8 Å². The molecule has 1 aromatic heterocycles. The first-order valence-electron chi connectivity index (χ1n) is 10.1. The third kappa shape index (κ3) is 2.18. The largest absolute Gasteiger partial charge is 0.497 e. The lowest BCUT2D eigenvalue weighted by Gasteiger charge is -2.57. The van der Waals surface area contributed by atoms with Gasteiger partial charge in [-0.25, -0.2) is 0 Å². The van der Waals surface area contributed by atoms with E-state index in [9.17, 15) is 4.79 Å². The molecule has 3 aliphatic heterocycles. The van der Waals surface area contributed by atoms with Gasteiger partial charge in [-0.1, -0.05) is 13.3 Å². The number of esters is 1. The first-order valence-corrected chi connectivity index (χ1v) is 10.1. The number of H-pyrrole nitrogens is 1. The van der Waals surface area contributed by atoms with Crippen molar-refractivity contribution in [1.82, 2.24) is 9.88 Å². The van der Waals surface area contributed by atoms with E-state index < -0.39 is 5.41 Å². The highest BCUT2D eigenvalue weighted by Crippen LogP contribution is 2.55. The number of piperidine rings is 2. The van der Waals surface area contributed by atoms with Crippen molar-refractivity contribution in [2.45, 2.75) is 44.1 Å². The molecule has 27 heavy (non-hydrogen) atoms. The Morgan fingerprint density at radius 2 is 2.22 bits per heavy atom. The number of fused-ring (bicyclic) bond motifs is 4. The van der Waals surface area contributed by atoms with E-state index in [1.54, 1.807) is 14.2 Å². The second-order valence-electron chi connectivity index (χ2n) is 8.52. The Morgan fingerprint density at radius 3 is 2.96 bits per heavy atom. The Hall–Kier alpha value is -2.01. The molecule has 5 heteroatoms. The molecule has 4 heterocycles. The Bertz CT molecular complexity index is 904. The van der Waals surface area contributed by atoms with Crippen molar-refractivity contribution >= 4 is 16.9 Å². The quantitative estimate of drug-likeness (QED) is 0.845. The van der Waals surface area contributed by atoms with Gasteiger partial charge in [0.15, 0.2) is 0 Å². The molecule has 2 aromatic rings. The van der Waals surface area contributed by atoms with E-state index in [1.165, 1.54) is 17.4 Å². The maximum Gasteiger partial charge on any atom is 0.319 e. The van der Waals surface area contributed by atoms with Gasteiger partial charge in [-0.3, -0.25) is 9.69 Å². The van der Waals surface area contributed by atoms with E-state index in [0.29, 0.717) is 11.8 Å².